The summed E-state index contributed by atoms with van der Waals surface area (Å²) in [5.74, 6) is -0.0444. The highest BCUT2D eigenvalue weighted by atomic mass is 16.5. The molecule has 1 aromatic heterocycles. The van der Waals surface area contributed by atoms with Crippen molar-refractivity contribution in [3.8, 4) is 5.75 Å². The summed E-state index contributed by atoms with van der Waals surface area (Å²) in [6.45, 7) is 2.90. The molecule has 2 heterocycles. The highest BCUT2D eigenvalue weighted by Gasteiger charge is 2.21. The van der Waals surface area contributed by atoms with Gasteiger partial charge in [0.05, 0.1) is 18.2 Å². The van der Waals surface area contributed by atoms with Crippen LogP contribution >= 0.6 is 0 Å². The molecule has 0 spiro atoms. The van der Waals surface area contributed by atoms with Crippen LogP contribution in [0.1, 0.15) is 45.1 Å². The Morgan fingerprint density at radius 3 is 2.74 bits per heavy atom. The topological polar surface area (TPSA) is 89.2 Å². The molecule has 1 N–H and O–H groups in total. The molecule has 27 heavy (non-hydrogen) atoms. The number of carbonyl (C=O) groups is 2. The van der Waals surface area contributed by atoms with E-state index in [9.17, 15) is 9.59 Å². The van der Waals surface area contributed by atoms with Gasteiger partial charge in [-0.1, -0.05) is 12.1 Å². The van der Waals surface area contributed by atoms with Gasteiger partial charge in [0, 0.05) is 13.7 Å². The first-order chi connectivity index (χ1) is 13.0. The standard InChI is InChI=1S/C20H23NO6/c1-13-17(20(23)24)10-15(27-13)11-21(2)19(22)16-7-3-4-8-18(16)26-12-14-6-5-9-25-14/h3-4,7-8,10,14H,5-6,9,11-12H2,1-2H3,(H,23,24)/t14-/m1/s1. The zero-order valence-electron chi connectivity index (χ0n) is 15.4. The van der Waals surface area contributed by atoms with Crippen LogP contribution in [0.3, 0.4) is 0 Å². The number of amides is 1. The Bertz CT molecular complexity index is 822. The normalized spacial score (nSPS) is 16.3. The number of benzene rings is 1. The summed E-state index contributed by atoms with van der Waals surface area (Å²) in [7, 11) is 1.64. The first-order valence-electron chi connectivity index (χ1n) is 8.87. The molecule has 1 amide bonds. The summed E-state index contributed by atoms with van der Waals surface area (Å²) in [4.78, 5) is 25.5. The monoisotopic (exact) mass is 373 g/mol. The Morgan fingerprint density at radius 1 is 1.30 bits per heavy atom. The van der Waals surface area contributed by atoms with Gasteiger partial charge in [-0.05, 0) is 38.0 Å². The Balaban J connectivity index is 1.69. The number of nitrogens with zero attached hydrogens (tertiary/aromatic N) is 1. The maximum absolute atomic E-state index is 12.8. The van der Waals surface area contributed by atoms with Gasteiger partial charge in [0.15, 0.2) is 0 Å². The first kappa shape index (κ1) is 19.0. The van der Waals surface area contributed by atoms with E-state index in [2.05, 4.69) is 0 Å². The molecule has 0 aliphatic carbocycles. The van der Waals surface area contributed by atoms with Crippen molar-refractivity contribution in [3.63, 3.8) is 0 Å². The van der Waals surface area contributed by atoms with Gasteiger partial charge in [0.2, 0.25) is 0 Å². The first-order valence-corrected chi connectivity index (χ1v) is 8.87. The Labute approximate surface area is 157 Å². The third-order valence-electron chi connectivity index (χ3n) is 4.51. The number of para-hydroxylation sites is 1. The fourth-order valence-electron chi connectivity index (χ4n) is 3.07. The lowest BCUT2D eigenvalue weighted by molar-refractivity contribution is 0.0654. The Hall–Kier alpha value is -2.80. The molecule has 1 fully saturated rings. The Morgan fingerprint density at radius 2 is 2.07 bits per heavy atom. The van der Waals surface area contributed by atoms with Crippen LogP contribution in [-0.2, 0) is 11.3 Å². The van der Waals surface area contributed by atoms with E-state index in [1.165, 1.54) is 11.0 Å². The third kappa shape index (κ3) is 4.49. The van der Waals surface area contributed by atoms with Crippen LogP contribution in [0.25, 0.3) is 0 Å². The molecule has 2 aromatic rings. The number of carboxylic acids is 1. The molecule has 1 aliphatic rings. The number of aromatic carboxylic acids is 1. The van der Waals surface area contributed by atoms with Gasteiger partial charge in [0.25, 0.3) is 5.91 Å². The minimum absolute atomic E-state index is 0.0615. The summed E-state index contributed by atoms with van der Waals surface area (Å²) in [6, 6.07) is 8.51. The molecule has 7 heteroatoms. The van der Waals surface area contributed by atoms with Gasteiger partial charge in [0.1, 0.15) is 29.4 Å². The zero-order valence-corrected chi connectivity index (χ0v) is 15.4. The van der Waals surface area contributed by atoms with Crippen molar-refractivity contribution in [1.29, 1.82) is 0 Å². The van der Waals surface area contributed by atoms with Crippen LogP contribution in [0.2, 0.25) is 0 Å². The molecular formula is C20H23NO6. The SMILES string of the molecule is Cc1oc(CN(C)C(=O)c2ccccc2OC[C@H]2CCCO2)cc1C(=O)O. The number of hydrogen-bond donors (Lipinski definition) is 1. The molecule has 7 nitrogen and oxygen atoms in total. The van der Waals surface area contributed by atoms with Crippen molar-refractivity contribution in [2.45, 2.75) is 32.4 Å². The zero-order chi connectivity index (χ0) is 19.4. The van der Waals surface area contributed by atoms with Crippen LogP contribution in [0.5, 0.6) is 5.75 Å². The molecule has 1 aliphatic heterocycles. The molecule has 144 valence electrons. The second-order valence-electron chi connectivity index (χ2n) is 6.59. The number of aryl methyl sites for hydroxylation is 1. The van der Waals surface area contributed by atoms with E-state index in [-0.39, 0.29) is 24.1 Å². The van der Waals surface area contributed by atoms with E-state index in [1.54, 1.807) is 32.2 Å². The smallest absolute Gasteiger partial charge is 0.339 e. The minimum atomic E-state index is -1.05. The van der Waals surface area contributed by atoms with E-state index in [0.717, 1.165) is 19.4 Å². The van der Waals surface area contributed by atoms with E-state index >= 15 is 0 Å². The quantitative estimate of drug-likeness (QED) is 0.802. The number of ether oxygens (including phenoxy) is 2. The molecule has 1 aromatic carbocycles. The van der Waals surface area contributed by atoms with Gasteiger partial charge < -0.3 is 23.9 Å². The van der Waals surface area contributed by atoms with Crippen molar-refractivity contribution in [3.05, 3.63) is 53.0 Å². The molecule has 0 unspecified atom stereocenters. The van der Waals surface area contributed by atoms with Gasteiger partial charge >= 0.3 is 5.97 Å². The van der Waals surface area contributed by atoms with E-state index in [1.807, 2.05) is 6.07 Å². The largest absolute Gasteiger partial charge is 0.490 e. The fourth-order valence-corrected chi connectivity index (χ4v) is 3.07. The number of carbonyl (C=O) groups excluding carboxylic acids is 1. The van der Waals surface area contributed by atoms with Crippen LogP contribution in [0.4, 0.5) is 0 Å². The maximum atomic E-state index is 12.8. The van der Waals surface area contributed by atoms with Gasteiger partial charge in [-0.2, -0.15) is 0 Å². The van der Waals surface area contributed by atoms with Crippen molar-refractivity contribution in [2.75, 3.05) is 20.3 Å². The summed E-state index contributed by atoms with van der Waals surface area (Å²) in [5, 5.41) is 9.12. The average Bonchev–Trinajstić information content (AvgIpc) is 3.29. The van der Waals surface area contributed by atoms with E-state index in [4.69, 9.17) is 19.0 Å². The lowest BCUT2D eigenvalue weighted by atomic mass is 10.1. The number of carboxylic acid groups (broad SMARTS) is 1. The molecule has 1 saturated heterocycles. The van der Waals surface area contributed by atoms with Crippen molar-refractivity contribution < 1.29 is 28.6 Å². The molecule has 0 saturated carbocycles. The van der Waals surface area contributed by atoms with Crippen molar-refractivity contribution >= 4 is 11.9 Å². The van der Waals surface area contributed by atoms with Gasteiger partial charge in [-0.3, -0.25) is 4.79 Å². The lowest BCUT2D eigenvalue weighted by Gasteiger charge is -2.19. The summed E-state index contributed by atoms with van der Waals surface area (Å²) in [6.07, 6.45) is 2.05. The second kappa shape index (κ2) is 8.26. The highest BCUT2D eigenvalue weighted by Crippen LogP contribution is 2.23. The van der Waals surface area contributed by atoms with E-state index < -0.39 is 5.97 Å². The summed E-state index contributed by atoms with van der Waals surface area (Å²) < 4.78 is 16.8. The lowest BCUT2D eigenvalue weighted by Crippen LogP contribution is -2.27. The summed E-state index contributed by atoms with van der Waals surface area (Å²) >= 11 is 0. The predicted octanol–water partition coefficient (Wildman–Crippen LogP) is 3.12. The number of furan rings is 1. The van der Waals surface area contributed by atoms with Crippen LogP contribution in [0.15, 0.2) is 34.7 Å². The van der Waals surface area contributed by atoms with Crippen molar-refractivity contribution in [1.82, 2.24) is 4.90 Å². The molecule has 1 atom stereocenters. The average molecular weight is 373 g/mol. The second-order valence-corrected chi connectivity index (χ2v) is 6.59. The summed E-state index contributed by atoms with van der Waals surface area (Å²) in [5.41, 5.74) is 0.547. The van der Waals surface area contributed by atoms with Crippen LogP contribution in [0, 0.1) is 6.92 Å². The molecule has 3 rings (SSSR count). The fraction of sp³-hybridized carbons (Fsp3) is 0.400. The molecule has 0 bridgehead atoms. The number of rotatable bonds is 7. The van der Waals surface area contributed by atoms with Crippen molar-refractivity contribution in [2.24, 2.45) is 0 Å². The third-order valence-corrected chi connectivity index (χ3v) is 4.51. The number of hydrogen-bond acceptors (Lipinski definition) is 5. The predicted molar refractivity (Wildman–Crippen MR) is 97.1 cm³/mol. The van der Waals surface area contributed by atoms with Gasteiger partial charge in [-0.15, -0.1) is 0 Å². The maximum Gasteiger partial charge on any atom is 0.339 e. The molecular weight excluding hydrogens is 350 g/mol. The van der Waals surface area contributed by atoms with Crippen LogP contribution in [-0.4, -0.2) is 48.2 Å². The van der Waals surface area contributed by atoms with Gasteiger partial charge in [-0.25, -0.2) is 4.79 Å². The highest BCUT2D eigenvalue weighted by molar-refractivity contribution is 5.96. The molecule has 0 radical (unpaired) electrons. The Kier molecular flexibility index (Phi) is 5.81. The van der Waals surface area contributed by atoms with Crippen LogP contribution < -0.4 is 4.74 Å². The minimum Gasteiger partial charge on any atom is -0.490 e. The van der Waals surface area contributed by atoms with E-state index in [0.29, 0.717) is 29.4 Å².